The Kier molecular flexibility index (Phi) is 3.89. The van der Waals surface area contributed by atoms with Gasteiger partial charge in [0.2, 0.25) is 0 Å². The average molecular weight is 308 g/mol. The highest BCUT2D eigenvalue weighted by molar-refractivity contribution is 5.95. The second kappa shape index (κ2) is 6.00. The minimum Gasteiger partial charge on any atom is -0.348 e. The molecule has 0 saturated carbocycles. The lowest BCUT2D eigenvalue weighted by Gasteiger charge is -2.10. The topological polar surface area (TPSA) is 76.9 Å². The van der Waals surface area contributed by atoms with Gasteiger partial charge in [-0.25, -0.2) is 0 Å². The molecule has 3 rings (SSSR count). The fraction of sp³-hybridized carbons (Fsp3) is 0.176. The first-order valence-corrected chi connectivity index (χ1v) is 7.22. The molecule has 6 nitrogen and oxygen atoms in total. The Morgan fingerprint density at radius 3 is 2.83 bits per heavy atom. The van der Waals surface area contributed by atoms with Crippen LogP contribution in [0, 0.1) is 6.92 Å². The van der Waals surface area contributed by atoms with Crippen LogP contribution in [-0.2, 0) is 13.6 Å². The number of amides is 1. The molecule has 0 aliphatic heterocycles. The summed E-state index contributed by atoms with van der Waals surface area (Å²) in [6.45, 7) is 1.88. The molecule has 0 bridgehead atoms. The molecule has 23 heavy (non-hydrogen) atoms. The molecule has 0 spiro atoms. The van der Waals surface area contributed by atoms with E-state index in [-0.39, 0.29) is 18.0 Å². The summed E-state index contributed by atoms with van der Waals surface area (Å²) in [7, 11) is 1.73. The van der Waals surface area contributed by atoms with Crippen molar-refractivity contribution >= 4 is 16.8 Å². The zero-order valence-electron chi connectivity index (χ0n) is 12.9. The number of rotatable bonds is 3. The molecule has 0 saturated heterocycles. The van der Waals surface area contributed by atoms with Crippen molar-refractivity contribution in [2.45, 2.75) is 13.5 Å². The lowest BCUT2D eigenvalue weighted by Crippen LogP contribution is -2.29. The Morgan fingerprint density at radius 2 is 2.04 bits per heavy atom. The first-order valence-electron chi connectivity index (χ1n) is 7.22. The van der Waals surface area contributed by atoms with Crippen LogP contribution in [0.5, 0.6) is 0 Å². The molecule has 116 valence electrons. The normalized spacial score (nSPS) is 10.7. The summed E-state index contributed by atoms with van der Waals surface area (Å²) in [5.74, 6) is -0.271. The highest BCUT2D eigenvalue weighted by atomic mass is 16.2. The SMILES string of the molecule is Cc1nnccc1C(=O)NCc1cc2ccccc2n(C)c1=O. The smallest absolute Gasteiger partial charge is 0.255 e. The van der Waals surface area contributed by atoms with Gasteiger partial charge in [0, 0.05) is 19.2 Å². The maximum atomic E-state index is 12.4. The van der Waals surface area contributed by atoms with E-state index in [0.717, 1.165) is 10.9 Å². The largest absolute Gasteiger partial charge is 0.348 e. The summed E-state index contributed by atoms with van der Waals surface area (Å²) < 4.78 is 1.59. The van der Waals surface area contributed by atoms with Gasteiger partial charge in [0.05, 0.1) is 23.0 Å². The number of hydrogen-bond acceptors (Lipinski definition) is 4. The molecule has 0 unspecified atom stereocenters. The van der Waals surface area contributed by atoms with Crippen LogP contribution in [0.3, 0.4) is 0 Å². The van der Waals surface area contributed by atoms with E-state index < -0.39 is 0 Å². The Morgan fingerprint density at radius 1 is 1.26 bits per heavy atom. The number of pyridine rings is 1. The first kappa shape index (κ1) is 14.9. The number of carbonyl (C=O) groups excluding carboxylic acids is 1. The molecule has 0 radical (unpaired) electrons. The second-order valence-electron chi connectivity index (χ2n) is 5.31. The van der Waals surface area contributed by atoms with Gasteiger partial charge in [-0.1, -0.05) is 18.2 Å². The third-order valence-electron chi connectivity index (χ3n) is 3.80. The van der Waals surface area contributed by atoms with Gasteiger partial charge in [0.15, 0.2) is 0 Å². The van der Waals surface area contributed by atoms with E-state index in [9.17, 15) is 9.59 Å². The second-order valence-corrected chi connectivity index (χ2v) is 5.31. The van der Waals surface area contributed by atoms with Crippen molar-refractivity contribution in [3.63, 3.8) is 0 Å². The Hall–Kier alpha value is -3.02. The highest BCUT2D eigenvalue weighted by Gasteiger charge is 2.11. The van der Waals surface area contributed by atoms with Gasteiger partial charge in [0.25, 0.3) is 11.5 Å². The van der Waals surface area contributed by atoms with Gasteiger partial charge < -0.3 is 9.88 Å². The molecule has 0 aliphatic rings. The van der Waals surface area contributed by atoms with Gasteiger partial charge in [-0.2, -0.15) is 10.2 Å². The standard InChI is InChI=1S/C17H16N4O2/c1-11-14(7-8-19-20-11)16(22)18-10-13-9-12-5-3-4-6-15(12)21(2)17(13)23/h3-9H,10H2,1-2H3,(H,18,22). The summed E-state index contributed by atoms with van der Waals surface area (Å²) in [6, 6.07) is 11.1. The van der Waals surface area contributed by atoms with Crippen LogP contribution < -0.4 is 10.9 Å². The molecule has 0 aliphatic carbocycles. The summed E-state index contributed by atoms with van der Waals surface area (Å²) in [4.78, 5) is 24.6. The molecule has 0 fully saturated rings. The van der Waals surface area contributed by atoms with Gasteiger partial charge in [-0.3, -0.25) is 9.59 Å². The van der Waals surface area contributed by atoms with Crippen molar-refractivity contribution < 1.29 is 4.79 Å². The molecule has 1 N–H and O–H groups in total. The van der Waals surface area contributed by atoms with Crippen LogP contribution in [0.1, 0.15) is 21.6 Å². The van der Waals surface area contributed by atoms with Crippen molar-refractivity contribution in [3.8, 4) is 0 Å². The van der Waals surface area contributed by atoms with E-state index in [1.807, 2.05) is 30.3 Å². The van der Waals surface area contributed by atoms with Crippen LogP contribution >= 0.6 is 0 Å². The monoisotopic (exact) mass is 308 g/mol. The molecular formula is C17H16N4O2. The third kappa shape index (κ3) is 2.83. The predicted octanol–water partition coefficient (Wildman–Crippen LogP) is 1.57. The summed E-state index contributed by atoms with van der Waals surface area (Å²) in [5, 5.41) is 11.3. The quantitative estimate of drug-likeness (QED) is 0.796. The molecule has 0 atom stereocenters. The number of fused-ring (bicyclic) bond motifs is 1. The number of aromatic nitrogens is 3. The van der Waals surface area contributed by atoms with E-state index in [2.05, 4.69) is 15.5 Å². The highest BCUT2D eigenvalue weighted by Crippen LogP contribution is 2.12. The van der Waals surface area contributed by atoms with E-state index in [1.54, 1.807) is 24.6 Å². The minimum atomic E-state index is -0.271. The van der Waals surface area contributed by atoms with E-state index in [4.69, 9.17) is 0 Å². The van der Waals surface area contributed by atoms with Crippen molar-refractivity contribution in [1.82, 2.24) is 20.1 Å². The zero-order valence-corrected chi connectivity index (χ0v) is 12.9. The number of carbonyl (C=O) groups is 1. The average Bonchev–Trinajstić information content (AvgIpc) is 2.57. The van der Waals surface area contributed by atoms with Crippen molar-refractivity contribution in [3.05, 3.63) is 69.8 Å². The molecule has 2 aromatic heterocycles. The van der Waals surface area contributed by atoms with Gasteiger partial charge in [-0.15, -0.1) is 0 Å². The molecule has 1 amide bonds. The Bertz CT molecular complexity index is 947. The van der Waals surface area contributed by atoms with Crippen LogP contribution in [0.15, 0.2) is 47.4 Å². The number of nitrogens with one attached hydrogen (secondary N) is 1. The molecule has 6 heteroatoms. The Labute approximate surface area is 132 Å². The van der Waals surface area contributed by atoms with Crippen LogP contribution in [0.2, 0.25) is 0 Å². The first-order chi connectivity index (χ1) is 11.1. The van der Waals surface area contributed by atoms with Crippen molar-refractivity contribution in [2.75, 3.05) is 0 Å². The number of nitrogens with zero attached hydrogens (tertiary/aromatic N) is 3. The molecule has 1 aromatic carbocycles. The van der Waals surface area contributed by atoms with Crippen molar-refractivity contribution in [2.24, 2.45) is 7.05 Å². The van der Waals surface area contributed by atoms with E-state index in [0.29, 0.717) is 16.8 Å². The summed E-state index contributed by atoms with van der Waals surface area (Å²) in [5.41, 5.74) is 2.29. The molecule has 3 aromatic rings. The van der Waals surface area contributed by atoms with Gasteiger partial charge >= 0.3 is 0 Å². The summed E-state index contributed by atoms with van der Waals surface area (Å²) >= 11 is 0. The summed E-state index contributed by atoms with van der Waals surface area (Å²) in [6.07, 6.45) is 1.47. The lowest BCUT2D eigenvalue weighted by molar-refractivity contribution is 0.0949. The maximum absolute atomic E-state index is 12.4. The maximum Gasteiger partial charge on any atom is 0.255 e. The fourth-order valence-corrected chi connectivity index (χ4v) is 2.53. The lowest BCUT2D eigenvalue weighted by atomic mass is 10.1. The zero-order chi connectivity index (χ0) is 16.4. The number of aryl methyl sites for hydroxylation is 2. The van der Waals surface area contributed by atoms with Gasteiger partial charge in [-0.05, 0) is 30.5 Å². The number of benzene rings is 1. The number of hydrogen-bond donors (Lipinski definition) is 1. The fourth-order valence-electron chi connectivity index (χ4n) is 2.53. The number of para-hydroxylation sites is 1. The third-order valence-corrected chi connectivity index (χ3v) is 3.80. The minimum absolute atomic E-state index is 0.117. The molecule has 2 heterocycles. The van der Waals surface area contributed by atoms with Crippen molar-refractivity contribution in [1.29, 1.82) is 0 Å². The predicted molar refractivity (Wildman–Crippen MR) is 87.1 cm³/mol. The van der Waals surface area contributed by atoms with E-state index >= 15 is 0 Å². The van der Waals surface area contributed by atoms with Crippen LogP contribution in [0.4, 0.5) is 0 Å². The van der Waals surface area contributed by atoms with Crippen LogP contribution in [0.25, 0.3) is 10.9 Å². The Balaban J connectivity index is 1.88. The van der Waals surface area contributed by atoms with Crippen LogP contribution in [-0.4, -0.2) is 20.7 Å². The van der Waals surface area contributed by atoms with Gasteiger partial charge in [0.1, 0.15) is 0 Å². The molecular weight excluding hydrogens is 292 g/mol. The van der Waals surface area contributed by atoms with E-state index in [1.165, 1.54) is 6.20 Å².